The molecule has 35 heavy (non-hydrogen) atoms. The Morgan fingerprint density at radius 1 is 1.06 bits per heavy atom. The van der Waals surface area contributed by atoms with E-state index in [2.05, 4.69) is 5.32 Å². The first kappa shape index (κ1) is 28.1. The Kier molecular flexibility index (Phi) is 10.0. The van der Waals surface area contributed by atoms with Gasteiger partial charge in [0.2, 0.25) is 11.8 Å². The molecule has 1 atom stereocenters. The number of amides is 2. The Morgan fingerprint density at radius 3 is 2.17 bits per heavy atom. The van der Waals surface area contributed by atoms with Gasteiger partial charge in [-0.05, 0) is 55.3 Å². The Labute approximate surface area is 206 Å². The lowest BCUT2D eigenvalue weighted by molar-refractivity contribution is -0.139. The molecule has 0 unspecified atom stereocenters. The topological polar surface area (TPSA) is 99.3 Å². The Bertz CT molecular complexity index is 1090. The number of nitrogens with zero attached hydrogens (tertiary/aromatic N) is 3. The molecule has 2 aromatic carbocycles. The molecule has 0 spiro atoms. The van der Waals surface area contributed by atoms with Gasteiger partial charge in [0.25, 0.3) is 0 Å². The fourth-order valence-electron chi connectivity index (χ4n) is 3.23. The van der Waals surface area contributed by atoms with Gasteiger partial charge in [-0.2, -0.15) is 12.7 Å². The van der Waals surface area contributed by atoms with Gasteiger partial charge >= 0.3 is 10.2 Å². The molecule has 0 heterocycles. The molecular formula is C24H33FN4O5S. The summed E-state index contributed by atoms with van der Waals surface area (Å²) < 4.78 is 46.6. The molecule has 0 bridgehead atoms. The third kappa shape index (κ3) is 7.40. The van der Waals surface area contributed by atoms with Gasteiger partial charge in [-0.1, -0.05) is 19.1 Å². The molecule has 0 radical (unpaired) electrons. The van der Waals surface area contributed by atoms with Crippen molar-refractivity contribution < 1.29 is 27.1 Å². The van der Waals surface area contributed by atoms with E-state index in [1.165, 1.54) is 31.1 Å². The van der Waals surface area contributed by atoms with Crippen LogP contribution in [0.1, 0.15) is 25.8 Å². The highest BCUT2D eigenvalue weighted by Gasteiger charge is 2.32. The number of methoxy groups -OCH3 is 1. The number of carbonyl (C=O) groups is 2. The van der Waals surface area contributed by atoms with Crippen molar-refractivity contribution in [3.63, 3.8) is 0 Å². The Balaban J connectivity index is 2.42. The van der Waals surface area contributed by atoms with Crippen LogP contribution in [0.25, 0.3) is 0 Å². The van der Waals surface area contributed by atoms with Crippen molar-refractivity contribution in [3.05, 3.63) is 59.9 Å². The van der Waals surface area contributed by atoms with Gasteiger partial charge in [-0.25, -0.2) is 8.70 Å². The zero-order chi connectivity index (χ0) is 26.2. The van der Waals surface area contributed by atoms with E-state index in [0.29, 0.717) is 12.3 Å². The van der Waals surface area contributed by atoms with Crippen molar-refractivity contribution in [1.29, 1.82) is 0 Å². The number of hydrogen-bond donors (Lipinski definition) is 1. The minimum atomic E-state index is -4.10. The Hall–Kier alpha value is -3.18. The van der Waals surface area contributed by atoms with E-state index in [0.717, 1.165) is 32.7 Å². The first-order valence-electron chi connectivity index (χ1n) is 11.2. The zero-order valence-corrected chi connectivity index (χ0v) is 21.5. The summed E-state index contributed by atoms with van der Waals surface area (Å²) >= 11 is 0. The van der Waals surface area contributed by atoms with Crippen LogP contribution < -0.4 is 14.4 Å². The summed E-state index contributed by atoms with van der Waals surface area (Å²) in [7, 11) is 0.125. The van der Waals surface area contributed by atoms with Crippen LogP contribution in [0.15, 0.2) is 48.5 Å². The van der Waals surface area contributed by atoms with Crippen LogP contribution in [0, 0.1) is 5.82 Å². The van der Waals surface area contributed by atoms with Crippen molar-refractivity contribution in [1.82, 2.24) is 14.5 Å². The van der Waals surface area contributed by atoms with Gasteiger partial charge in [-0.15, -0.1) is 0 Å². The van der Waals surface area contributed by atoms with Gasteiger partial charge in [0, 0.05) is 27.2 Å². The molecule has 2 aromatic rings. The lowest BCUT2D eigenvalue weighted by Crippen LogP contribution is -2.52. The number of hydrogen-bond acceptors (Lipinski definition) is 5. The van der Waals surface area contributed by atoms with E-state index >= 15 is 0 Å². The highest BCUT2D eigenvalue weighted by molar-refractivity contribution is 7.90. The quantitative estimate of drug-likeness (QED) is 0.475. The third-order valence-electron chi connectivity index (χ3n) is 5.36. The normalized spacial score (nSPS) is 12.2. The molecule has 0 saturated carbocycles. The highest BCUT2D eigenvalue weighted by Crippen LogP contribution is 2.21. The van der Waals surface area contributed by atoms with Crippen LogP contribution in [-0.4, -0.2) is 69.8 Å². The van der Waals surface area contributed by atoms with Crippen LogP contribution in [0.2, 0.25) is 0 Å². The van der Waals surface area contributed by atoms with Crippen LogP contribution >= 0.6 is 0 Å². The molecule has 0 aromatic heterocycles. The molecule has 0 fully saturated rings. The van der Waals surface area contributed by atoms with E-state index in [9.17, 15) is 22.4 Å². The number of ether oxygens (including phenoxy) is 1. The minimum absolute atomic E-state index is 0.0722. The smallest absolute Gasteiger partial charge is 0.304 e. The first-order valence-corrected chi connectivity index (χ1v) is 12.6. The van der Waals surface area contributed by atoms with Crippen molar-refractivity contribution in [3.8, 4) is 5.75 Å². The van der Waals surface area contributed by atoms with E-state index in [-0.39, 0.29) is 18.1 Å². The largest absolute Gasteiger partial charge is 0.497 e. The standard InChI is InChI=1S/C24H33FN4O5S/c1-6-15-26-24(31)18(2)28(16-19-7-13-22(34-5)14-8-19)23(30)17-29(35(32,33)27(3)4)21-11-9-20(25)10-12-21/h7-14,18H,6,15-17H2,1-5H3,(H,26,31)/t18-/m1/s1. The summed E-state index contributed by atoms with van der Waals surface area (Å²) in [4.78, 5) is 27.6. The van der Waals surface area contributed by atoms with Crippen LogP contribution in [0.5, 0.6) is 5.75 Å². The second-order valence-corrected chi connectivity index (χ2v) is 10.2. The van der Waals surface area contributed by atoms with E-state index in [1.807, 2.05) is 6.92 Å². The maximum Gasteiger partial charge on any atom is 0.304 e. The fourth-order valence-corrected chi connectivity index (χ4v) is 4.29. The van der Waals surface area contributed by atoms with Crippen LogP contribution in [0.4, 0.5) is 10.1 Å². The van der Waals surface area contributed by atoms with Gasteiger partial charge in [-0.3, -0.25) is 9.59 Å². The summed E-state index contributed by atoms with van der Waals surface area (Å²) in [6.07, 6.45) is 0.726. The lowest BCUT2D eigenvalue weighted by Gasteiger charge is -2.32. The van der Waals surface area contributed by atoms with E-state index in [1.54, 1.807) is 38.3 Å². The third-order valence-corrected chi connectivity index (χ3v) is 7.18. The molecule has 192 valence electrons. The summed E-state index contributed by atoms with van der Waals surface area (Å²) in [5.74, 6) is -0.836. The summed E-state index contributed by atoms with van der Waals surface area (Å²) in [6, 6.07) is 11.0. The minimum Gasteiger partial charge on any atom is -0.497 e. The SMILES string of the molecule is CCCNC(=O)[C@@H](C)N(Cc1ccc(OC)cc1)C(=O)CN(c1ccc(F)cc1)S(=O)(=O)N(C)C. The zero-order valence-electron chi connectivity index (χ0n) is 20.7. The summed E-state index contributed by atoms with van der Waals surface area (Å²) in [5, 5.41) is 2.78. The van der Waals surface area contributed by atoms with Gasteiger partial charge in [0.15, 0.2) is 0 Å². The van der Waals surface area contributed by atoms with Gasteiger partial charge in [0.05, 0.1) is 12.8 Å². The molecule has 11 heteroatoms. The van der Waals surface area contributed by atoms with E-state index in [4.69, 9.17) is 4.74 Å². The second kappa shape index (κ2) is 12.5. The maximum absolute atomic E-state index is 13.5. The highest BCUT2D eigenvalue weighted by atomic mass is 32.2. The molecule has 2 amide bonds. The van der Waals surface area contributed by atoms with Crippen molar-refractivity contribution in [2.75, 3.05) is 38.6 Å². The van der Waals surface area contributed by atoms with Crippen LogP contribution in [0.3, 0.4) is 0 Å². The molecular weight excluding hydrogens is 475 g/mol. The average molecular weight is 509 g/mol. The number of benzene rings is 2. The molecule has 2 rings (SSSR count). The number of anilines is 1. The van der Waals surface area contributed by atoms with Gasteiger partial charge in [0.1, 0.15) is 24.2 Å². The lowest BCUT2D eigenvalue weighted by atomic mass is 10.1. The number of nitrogens with one attached hydrogen (secondary N) is 1. The fraction of sp³-hybridized carbons (Fsp3) is 0.417. The molecule has 1 N–H and O–H groups in total. The molecule has 0 aliphatic carbocycles. The molecule has 0 saturated heterocycles. The average Bonchev–Trinajstić information content (AvgIpc) is 2.84. The van der Waals surface area contributed by atoms with Crippen molar-refractivity contribution in [2.45, 2.75) is 32.9 Å². The predicted molar refractivity (Wildman–Crippen MR) is 133 cm³/mol. The monoisotopic (exact) mass is 508 g/mol. The first-order chi connectivity index (χ1) is 16.5. The van der Waals surface area contributed by atoms with Crippen molar-refractivity contribution >= 4 is 27.7 Å². The number of carbonyl (C=O) groups excluding carboxylic acids is 2. The number of halogens is 1. The number of rotatable bonds is 12. The van der Waals surface area contributed by atoms with E-state index < -0.39 is 34.5 Å². The summed E-state index contributed by atoms with van der Waals surface area (Å²) in [5.41, 5.74) is 0.860. The molecule has 0 aliphatic rings. The van der Waals surface area contributed by atoms with Crippen molar-refractivity contribution in [2.24, 2.45) is 0 Å². The van der Waals surface area contributed by atoms with Gasteiger partial charge < -0.3 is 15.0 Å². The molecule has 0 aliphatic heterocycles. The maximum atomic E-state index is 13.5. The summed E-state index contributed by atoms with van der Waals surface area (Å²) in [6.45, 7) is 3.45. The second-order valence-electron chi connectivity index (χ2n) is 8.11. The molecule has 9 nitrogen and oxygen atoms in total. The predicted octanol–water partition coefficient (Wildman–Crippen LogP) is 2.39. The Morgan fingerprint density at radius 2 is 1.66 bits per heavy atom. The van der Waals surface area contributed by atoms with Crippen LogP contribution in [-0.2, 0) is 26.3 Å².